The average Bonchev–Trinajstić information content (AvgIpc) is 3.24. The van der Waals surface area contributed by atoms with Crippen LogP contribution in [0.2, 0.25) is 0 Å². The number of hydrazone groups is 1. The van der Waals surface area contributed by atoms with Gasteiger partial charge in [0.2, 0.25) is 0 Å². The number of hydrogen-bond donors (Lipinski definition) is 1. The second kappa shape index (κ2) is 9.09. The molecule has 0 aliphatic rings. The lowest BCUT2D eigenvalue weighted by molar-refractivity contribution is 0.0955. The quantitative estimate of drug-likeness (QED) is 0.372. The molecule has 0 unspecified atom stereocenters. The van der Waals surface area contributed by atoms with Gasteiger partial charge in [0, 0.05) is 22.9 Å². The summed E-state index contributed by atoms with van der Waals surface area (Å²) in [5.41, 5.74) is 7.72. The lowest BCUT2D eigenvalue weighted by atomic mass is 10.1. The Labute approximate surface area is 180 Å². The van der Waals surface area contributed by atoms with Gasteiger partial charge in [0.25, 0.3) is 5.91 Å². The predicted octanol–water partition coefficient (Wildman–Crippen LogP) is 4.62. The minimum Gasteiger partial charge on any atom is -0.497 e. The maximum atomic E-state index is 12.4. The Morgan fingerprint density at radius 2 is 1.81 bits per heavy atom. The standard InChI is InChI=1S/C25H22N4O2/c1-18-7-6-8-20(15-18)24-21(17-29(28-24)22-9-4-3-5-10-22)16-26-27-25(30)19-11-13-23(31-2)14-12-19/h3-17H,1-2H3,(H,27,30)/b26-16+. The van der Waals surface area contributed by atoms with Crippen LogP contribution in [0.15, 0.2) is 90.2 Å². The Morgan fingerprint density at radius 1 is 1.03 bits per heavy atom. The SMILES string of the molecule is COc1ccc(C(=O)N/N=C/c2cn(-c3ccccc3)nc2-c2cccc(C)c2)cc1. The lowest BCUT2D eigenvalue weighted by Gasteiger charge is -2.02. The highest BCUT2D eigenvalue weighted by molar-refractivity contribution is 5.95. The van der Waals surface area contributed by atoms with Crippen LogP contribution in [0.1, 0.15) is 21.5 Å². The van der Waals surface area contributed by atoms with Crippen LogP contribution in [0.5, 0.6) is 5.75 Å². The van der Waals surface area contributed by atoms with E-state index in [4.69, 9.17) is 9.84 Å². The van der Waals surface area contributed by atoms with Gasteiger partial charge in [-0.1, -0.05) is 42.0 Å². The van der Waals surface area contributed by atoms with Crippen LogP contribution in [0.25, 0.3) is 16.9 Å². The summed E-state index contributed by atoms with van der Waals surface area (Å²) in [6, 6.07) is 24.8. The average molecular weight is 410 g/mol. The number of aryl methyl sites for hydroxylation is 1. The molecule has 0 atom stereocenters. The number of ether oxygens (including phenoxy) is 1. The molecule has 0 aliphatic carbocycles. The Morgan fingerprint density at radius 3 is 2.52 bits per heavy atom. The van der Waals surface area contributed by atoms with Crippen LogP contribution in [-0.2, 0) is 0 Å². The number of nitrogens with one attached hydrogen (secondary N) is 1. The van der Waals surface area contributed by atoms with E-state index in [2.05, 4.69) is 16.6 Å². The predicted molar refractivity (Wildman–Crippen MR) is 122 cm³/mol. The van der Waals surface area contributed by atoms with Crippen LogP contribution in [-0.4, -0.2) is 29.0 Å². The molecule has 1 amide bonds. The van der Waals surface area contributed by atoms with Crippen molar-refractivity contribution in [3.8, 4) is 22.7 Å². The van der Waals surface area contributed by atoms with Crippen molar-refractivity contribution in [2.24, 2.45) is 5.10 Å². The normalized spacial score (nSPS) is 10.9. The van der Waals surface area contributed by atoms with E-state index in [-0.39, 0.29) is 5.91 Å². The van der Waals surface area contributed by atoms with E-state index >= 15 is 0 Å². The summed E-state index contributed by atoms with van der Waals surface area (Å²) in [7, 11) is 1.58. The Hall–Kier alpha value is -4.19. The van der Waals surface area contributed by atoms with Gasteiger partial charge in [-0.15, -0.1) is 0 Å². The summed E-state index contributed by atoms with van der Waals surface area (Å²) in [6.45, 7) is 2.04. The molecule has 4 rings (SSSR count). The van der Waals surface area contributed by atoms with Crippen LogP contribution in [0.3, 0.4) is 0 Å². The molecule has 154 valence electrons. The highest BCUT2D eigenvalue weighted by Gasteiger charge is 2.12. The number of aromatic nitrogens is 2. The first kappa shape index (κ1) is 20.1. The molecular formula is C25H22N4O2. The lowest BCUT2D eigenvalue weighted by Crippen LogP contribution is -2.17. The molecule has 0 saturated carbocycles. The fourth-order valence-electron chi connectivity index (χ4n) is 3.18. The summed E-state index contributed by atoms with van der Waals surface area (Å²) < 4.78 is 6.93. The number of hydrogen-bond acceptors (Lipinski definition) is 4. The first-order valence-electron chi connectivity index (χ1n) is 9.83. The molecule has 0 saturated heterocycles. The van der Waals surface area contributed by atoms with Gasteiger partial charge >= 0.3 is 0 Å². The van der Waals surface area contributed by atoms with Crippen molar-refractivity contribution in [2.45, 2.75) is 6.92 Å². The van der Waals surface area contributed by atoms with Crippen molar-refractivity contribution in [3.05, 3.63) is 102 Å². The second-order valence-electron chi connectivity index (χ2n) is 7.01. The van der Waals surface area contributed by atoms with Crippen LogP contribution >= 0.6 is 0 Å². The zero-order valence-electron chi connectivity index (χ0n) is 17.3. The highest BCUT2D eigenvalue weighted by atomic mass is 16.5. The van der Waals surface area contributed by atoms with Gasteiger partial charge < -0.3 is 4.74 Å². The Balaban J connectivity index is 1.61. The van der Waals surface area contributed by atoms with E-state index in [1.807, 2.05) is 66.3 Å². The monoisotopic (exact) mass is 410 g/mol. The molecule has 6 heteroatoms. The minimum atomic E-state index is -0.300. The number of rotatable bonds is 6. The third-order valence-corrected chi connectivity index (χ3v) is 4.78. The molecule has 3 aromatic carbocycles. The van der Waals surface area contributed by atoms with E-state index < -0.39 is 0 Å². The minimum absolute atomic E-state index is 0.300. The third-order valence-electron chi connectivity index (χ3n) is 4.78. The summed E-state index contributed by atoms with van der Waals surface area (Å²) in [5, 5.41) is 8.93. The number of carbonyl (C=O) groups is 1. The Kier molecular flexibility index (Phi) is 5.89. The van der Waals surface area contributed by atoms with E-state index in [9.17, 15) is 4.79 Å². The summed E-state index contributed by atoms with van der Waals surface area (Å²) >= 11 is 0. The number of nitrogens with zero attached hydrogens (tertiary/aromatic N) is 3. The van der Waals surface area contributed by atoms with Crippen LogP contribution in [0.4, 0.5) is 0 Å². The first-order valence-corrected chi connectivity index (χ1v) is 9.83. The molecular weight excluding hydrogens is 388 g/mol. The van der Waals surface area contributed by atoms with Gasteiger partial charge in [0.05, 0.1) is 19.0 Å². The summed E-state index contributed by atoms with van der Waals surface area (Å²) in [4.78, 5) is 12.4. The maximum absolute atomic E-state index is 12.4. The molecule has 0 radical (unpaired) electrons. The first-order chi connectivity index (χ1) is 15.1. The van der Waals surface area contributed by atoms with E-state index in [1.54, 1.807) is 37.6 Å². The van der Waals surface area contributed by atoms with E-state index in [1.165, 1.54) is 0 Å². The zero-order chi connectivity index (χ0) is 21.6. The van der Waals surface area contributed by atoms with Crippen molar-refractivity contribution in [3.63, 3.8) is 0 Å². The zero-order valence-corrected chi connectivity index (χ0v) is 17.3. The van der Waals surface area contributed by atoms with E-state index in [0.717, 1.165) is 28.1 Å². The highest BCUT2D eigenvalue weighted by Crippen LogP contribution is 2.23. The molecule has 0 fully saturated rings. The number of para-hydroxylation sites is 1. The molecule has 6 nitrogen and oxygen atoms in total. The van der Waals surface area contributed by atoms with Crippen molar-refractivity contribution >= 4 is 12.1 Å². The van der Waals surface area contributed by atoms with Crippen molar-refractivity contribution in [1.82, 2.24) is 15.2 Å². The van der Waals surface area contributed by atoms with Crippen molar-refractivity contribution in [2.75, 3.05) is 7.11 Å². The van der Waals surface area contributed by atoms with Crippen LogP contribution < -0.4 is 10.2 Å². The molecule has 1 N–H and O–H groups in total. The molecule has 0 aliphatic heterocycles. The van der Waals surface area contributed by atoms with Gasteiger partial charge in [-0.2, -0.15) is 10.2 Å². The summed E-state index contributed by atoms with van der Waals surface area (Å²) in [6.07, 6.45) is 3.52. The van der Waals surface area contributed by atoms with Crippen molar-refractivity contribution in [1.29, 1.82) is 0 Å². The topological polar surface area (TPSA) is 68.5 Å². The number of carbonyl (C=O) groups excluding carboxylic acids is 1. The fourth-order valence-corrected chi connectivity index (χ4v) is 3.18. The molecule has 4 aromatic rings. The van der Waals surface area contributed by atoms with Gasteiger partial charge in [-0.05, 0) is 49.4 Å². The van der Waals surface area contributed by atoms with Gasteiger partial charge in [-0.25, -0.2) is 10.1 Å². The van der Waals surface area contributed by atoms with Crippen LogP contribution in [0, 0.1) is 6.92 Å². The largest absolute Gasteiger partial charge is 0.497 e. The number of amides is 1. The van der Waals surface area contributed by atoms with Gasteiger partial charge in [-0.3, -0.25) is 4.79 Å². The fraction of sp³-hybridized carbons (Fsp3) is 0.0800. The third kappa shape index (κ3) is 4.70. The number of methoxy groups -OCH3 is 1. The molecule has 1 heterocycles. The second-order valence-corrected chi connectivity index (χ2v) is 7.01. The maximum Gasteiger partial charge on any atom is 0.271 e. The Bertz CT molecular complexity index is 1210. The molecule has 0 spiro atoms. The van der Waals surface area contributed by atoms with Crippen molar-refractivity contribution < 1.29 is 9.53 Å². The van der Waals surface area contributed by atoms with Gasteiger partial charge in [0.1, 0.15) is 11.4 Å². The molecule has 1 aromatic heterocycles. The smallest absolute Gasteiger partial charge is 0.271 e. The molecule has 31 heavy (non-hydrogen) atoms. The number of benzene rings is 3. The van der Waals surface area contributed by atoms with E-state index in [0.29, 0.717) is 11.3 Å². The van der Waals surface area contributed by atoms with Gasteiger partial charge in [0.15, 0.2) is 0 Å². The molecule has 0 bridgehead atoms. The summed E-state index contributed by atoms with van der Waals surface area (Å²) in [5.74, 6) is 0.391.